The zero-order valence-corrected chi connectivity index (χ0v) is 8.78. The zero-order chi connectivity index (χ0) is 10.7. The highest BCUT2D eigenvalue weighted by Crippen LogP contribution is 2.30. The molecule has 0 spiro atoms. The van der Waals surface area contributed by atoms with Crippen LogP contribution in [0.2, 0.25) is 0 Å². The van der Waals surface area contributed by atoms with Crippen LogP contribution in [-0.2, 0) is 5.88 Å². The third kappa shape index (κ3) is 1.95. The second-order valence-electron chi connectivity index (χ2n) is 3.17. The lowest BCUT2D eigenvalue weighted by molar-refractivity contribution is 0.470. The molecule has 2 aromatic rings. The van der Waals surface area contributed by atoms with E-state index in [9.17, 15) is 5.11 Å². The van der Waals surface area contributed by atoms with Gasteiger partial charge in [0, 0.05) is 17.3 Å². The molecule has 0 saturated heterocycles. The van der Waals surface area contributed by atoms with Crippen molar-refractivity contribution in [2.75, 3.05) is 0 Å². The maximum absolute atomic E-state index is 9.90. The van der Waals surface area contributed by atoms with Crippen molar-refractivity contribution >= 4 is 11.6 Å². The topological polar surface area (TPSA) is 33.1 Å². The number of benzene rings is 1. The number of pyridine rings is 1. The van der Waals surface area contributed by atoms with E-state index in [4.69, 9.17) is 11.6 Å². The molecule has 0 saturated carbocycles. The molecule has 0 fully saturated rings. The van der Waals surface area contributed by atoms with Crippen molar-refractivity contribution in [3.63, 3.8) is 0 Å². The van der Waals surface area contributed by atoms with E-state index in [1.807, 2.05) is 30.3 Å². The highest BCUT2D eigenvalue weighted by Gasteiger charge is 2.08. The Morgan fingerprint density at radius 1 is 1.13 bits per heavy atom. The summed E-state index contributed by atoms with van der Waals surface area (Å²) in [6, 6.07) is 11.3. The summed E-state index contributed by atoms with van der Waals surface area (Å²) < 4.78 is 0. The van der Waals surface area contributed by atoms with Crippen LogP contribution in [0.4, 0.5) is 0 Å². The molecular weight excluding hydrogens is 210 g/mol. The molecule has 0 aliphatic rings. The number of nitrogens with zero attached hydrogens (tertiary/aromatic N) is 1. The minimum absolute atomic E-state index is 0.165. The fourth-order valence-corrected chi connectivity index (χ4v) is 1.62. The third-order valence-corrected chi connectivity index (χ3v) is 2.49. The number of rotatable bonds is 2. The first-order chi connectivity index (χ1) is 7.33. The molecule has 1 aromatic heterocycles. The molecule has 2 rings (SSSR count). The second kappa shape index (κ2) is 4.32. The number of hydrogen-bond donors (Lipinski definition) is 1. The minimum Gasteiger partial charge on any atom is -0.505 e. The summed E-state index contributed by atoms with van der Waals surface area (Å²) in [5.41, 5.74) is 2.17. The van der Waals surface area contributed by atoms with Crippen LogP contribution in [-0.4, -0.2) is 10.1 Å². The van der Waals surface area contributed by atoms with Crippen LogP contribution in [0.15, 0.2) is 42.6 Å². The quantitative estimate of drug-likeness (QED) is 0.787. The van der Waals surface area contributed by atoms with Gasteiger partial charge in [-0.25, -0.2) is 0 Å². The van der Waals surface area contributed by atoms with Gasteiger partial charge in [-0.2, -0.15) is 0 Å². The average Bonchev–Trinajstić information content (AvgIpc) is 2.30. The number of halogens is 1. The first kappa shape index (κ1) is 9.99. The van der Waals surface area contributed by atoms with Gasteiger partial charge in [0.2, 0.25) is 0 Å². The molecule has 1 heterocycles. The maximum atomic E-state index is 9.90. The Bertz CT molecular complexity index is 456. The fourth-order valence-electron chi connectivity index (χ4n) is 1.41. The number of alkyl halides is 1. The van der Waals surface area contributed by atoms with E-state index >= 15 is 0 Å². The Morgan fingerprint density at radius 2 is 1.87 bits per heavy atom. The van der Waals surface area contributed by atoms with Crippen LogP contribution in [0.5, 0.6) is 5.75 Å². The molecule has 0 radical (unpaired) electrons. The van der Waals surface area contributed by atoms with Crippen molar-refractivity contribution in [3.05, 3.63) is 48.2 Å². The predicted octanol–water partition coefficient (Wildman–Crippen LogP) is 3.19. The molecule has 2 nitrogen and oxygen atoms in total. The normalized spacial score (nSPS) is 10.2. The molecule has 1 N–H and O–H groups in total. The molecule has 0 aliphatic heterocycles. The SMILES string of the molecule is Oc1c(CCl)ccnc1-c1ccccc1. The summed E-state index contributed by atoms with van der Waals surface area (Å²) in [6.45, 7) is 0. The summed E-state index contributed by atoms with van der Waals surface area (Å²) >= 11 is 5.70. The first-order valence-electron chi connectivity index (χ1n) is 4.61. The standard InChI is InChI=1S/C12H10ClNO/c13-8-10-6-7-14-11(12(10)15)9-4-2-1-3-5-9/h1-7,15H,8H2. The molecular formula is C12H10ClNO. The Labute approximate surface area is 93.2 Å². The molecule has 0 atom stereocenters. The number of aromatic nitrogens is 1. The van der Waals surface area contributed by atoms with Crippen molar-refractivity contribution in [2.24, 2.45) is 0 Å². The molecule has 76 valence electrons. The van der Waals surface area contributed by atoms with Gasteiger partial charge >= 0.3 is 0 Å². The largest absolute Gasteiger partial charge is 0.505 e. The van der Waals surface area contributed by atoms with Gasteiger partial charge in [-0.1, -0.05) is 30.3 Å². The Balaban J connectivity index is 2.54. The van der Waals surface area contributed by atoms with Gasteiger partial charge in [-0.3, -0.25) is 4.98 Å². The summed E-state index contributed by atoms with van der Waals surface area (Å²) in [7, 11) is 0. The van der Waals surface area contributed by atoms with Crippen LogP contribution in [0.1, 0.15) is 5.56 Å². The van der Waals surface area contributed by atoms with Crippen molar-refractivity contribution in [2.45, 2.75) is 5.88 Å². The fraction of sp³-hybridized carbons (Fsp3) is 0.0833. The third-order valence-electron chi connectivity index (χ3n) is 2.20. The number of hydrogen-bond acceptors (Lipinski definition) is 2. The highest BCUT2D eigenvalue weighted by molar-refractivity contribution is 6.17. The van der Waals surface area contributed by atoms with E-state index in [-0.39, 0.29) is 11.6 Å². The Kier molecular flexibility index (Phi) is 2.88. The molecule has 3 heteroatoms. The lowest BCUT2D eigenvalue weighted by Crippen LogP contribution is -1.88. The molecule has 0 bridgehead atoms. The summed E-state index contributed by atoms with van der Waals surface area (Å²) in [4.78, 5) is 4.15. The van der Waals surface area contributed by atoms with Crippen LogP contribution in [0.25, 0.3) is 11.3 Å². The van der Waals surface area contributed by atoms with E-state index in [2.05, 4.69) is 4.98 Å². The van der Waals surface area contributed by atoms with Crippen LogP contribution < -0.4 is 0 Å². The molecule has 1 aromatic carbocycles. The van der Waals surface area contributed by atoms with Crippen LogP contribution >= 0.6 is 11.6 Å². The first-order valence-corrected chi connectivity index (χ1v) is 5.14. The molecule has 0 unspecified atom stereocenters. The second-order valence-corrected chi connectivity index (χ2v) is 3.43. The average molecular weight is 220 g/mol. The van der Waals surface area contributed by atoms with Gasteiger partial charge in [0.1, 0.15) is 11.4 Å². The van der Waals surface area contributed by atoms with E-state index < -0.39 is 0 Å². The molecule has 0 aliphatic carbocycles. The maximum Gasteiger partial charge on any atom is 0.146 e. The molecule has 15 heavy (non-hydrogen) atoms. The van der Waals surface area contributed by atoms with Crippen molar-refractivity contribution in [1.29, 1.82) is 0 Å². The van der Waals surface area contributed by atoms with Gasteiger partial charge in [-0.15, -0.1) is 11.6 Å². The Morgan fingerprint density at radius 3 is 2.53 bits per heavy atom. The van der Waals surface area contributed by atoms with E-state index in [0.29, 0.717) is 11.3 Å². The molecule has 0 amide bonds. The summed E-state index contributed by atoms with van der Waals surface area (Å²) in [5, 5.41) is 9.90. The van der Waals surface area contributed by atoms with Gasteiger partial charge in [0.05, 0.1) is 5.88 Å². The highest BCUT2D eigenvalue weighted by atomic mass is 35.5. The van der Waals surface area contributed by atoms with Gasteiger partial charge in [0.15, 0.2) is 0 Å². The number of aromatic hydroxyl groups is 1. The Hall–Kier alpha value is -1.54. The van der Waals surface area contributed by atoms with Crippen LogP contribution in [0, 0.1) is 0 Å². The van der Waals surface area contributed by atoms with Crippen molar-refractivity contribution in [3.8, 4) is 17.0 Å². The van der Waals surface area contributed by atoms with E-state index in [0.717, 1.165) is 5.56 Å². The smallest absolute Gasteiger partial charge is 0.146 e. The van der Waals surface area contributed by atoms with Crippen molar-refractivity contribution < 1.29 is 5.11 Å². The van der Waals surface area contributed by atoms with Gasteiger partial charge in [-0.05, 0) is 6.07 Å². The summed E-state index contributed by atoms with van der Waals surface area (Å²) in [6.07, 6.45) is 1.65. The van der Waals surface area contributed by atoms with E-state index in [1.165, 1.54) is 0 Å². The zero-order valence-electron chi connectivity index (χ0n) is 8.02. The lowest BCUT2D eigenvalue weighted by Gasteiger charge is -2.06. The minimum atomic E-state index is 0.165. The van der Waals surface area contributed by atoms with Gasteiger partial charge in [0.25, 0.3) is 0 Å². The predicted molar refractivity (Wildman–Crippen MR) is 60.9 cm³/mol. The van der Waals surface area contributed by atoms with Crippen molar-refractivity contribution in [1.82, 2.24) is 4.98 Å². The van der Waals surface area contributed by atoms with E-state index in [1.54, 1.807) is 12.3 Å². The lowest BCUT2D eigenvalue weighted by atomic mass is 10.1. The van der Waals surface area contributed by atoms with Gasteiger partial charge < -0.3 is 5.11 Å². The monoisotopic (exact) mass is 219 g/mol. The summed E-state index contributed by atoms with van der Waals surface area (Å²) in [5.74, 6) is 0.451. The van der Waals surface area contributed by atoms with Crippen LogP contribution in [0.3, 0.4) is 0 Å².